The first-order chi connectivity index (χ1) is 11.1. The third-order valence-electron chi connectivity index (χ3n) is 4.96. The molecule has 2 unspecified atom stereocenters. The number of likely N-dealkylation sites (N-methyl/N-ethyl adjacent to an activating group) is 1. The molecule has 23 heavy (non-hydrogen) atoms. The van der Waals surface area contributed by atoms with Gasteiger partial charge in [-0.15, -0.1) is 0 Å². The van der Waals surface area contributed by atoms with Crippen LogP contribution < -0.4 is 0 Å². The molecule has 130 valence electrons. The van der Waals surface area contributed by atoms with E-state index in [0.717, 1.165) is 25.6 Å². The Morgan fingerprint density at radius 2 is 1.87 bits per heavy atom. The number of piperidine rings is 1. The lowest BCUT2D eigenvalue weighted by Crippen LogP contribution is -2.43. The van der Waals surface area contributed by atoms with Gasteiger partial charge in [0.05, 0.1) is 6.10 Å². The lowest BCUT2D eigenvalue weighted by atomic mass is 9.99. The van der Waals surface area contributed by atoms with E-state index in [1.54, 1.807) is 0 Å². The van der Waals surface area contributed by atoms with Crippen LogP contribution in [0, 0.1) is 5.92 Å². The average molecular weight is 320 g/mol. The number of hydrogen-bond acceptors (Lipinski definition) is 4. The highest BCUT2D eigenvalue weighted by Crippen LogP contribution is 2.23. The standard InChI is InChI=1S/C19H32N2O2/c1-16-8-11-21(12-9-16)15-18(23)14-20(2)19(10-13-22)17-6-4-3-5-7-17/h3-7,16,18-19,22-23H,8-15H2,1-2H3. The normalized spacial score (nSPS) is 19.9. The Morgan fingerprint density at radius 3 is 2.48 bits per heavy atom. The van der Waals surface area contributed by atoms with Gasteiger partial charge < -0.3 is 15.1 Å². The van der Waals surface area contributed by atoms with E-state index in [9.17, 15) is 10.2 Å². The van der Waals surface area contributed by atoms with Gasteiger partial charge in [0.1, 0.15) is 0 Å². The van der Waals surface area contributed by atoms with Gasteiger partial charge in [-0.25, -0.2) is 0 Å². The Labute approximate surface area is 140 Å². The van der Waals surface area contributed by atoms with Crippen LogP contribution in [0.4, 0.5) is 0 Å². The number of nitrogens with zero attached hydrogens (tertiary/aromatic N) is 2. The Morgan fingerprint density at radius 1 is 1.22 bits per heavy atom. The SMILES string of the molecule is CC1CCN(CC(O)CN(C)C(CCO)c2ccccc2)CC1. The lowest BCUT2D eigenvalue weighted by Gasteiger charge is -2.34. The number of hydrogen-bond donors (Lipinski definition) is 2. The molecule has 0 amide bonds. The Bertz CT molecular complexity index is 432. The Balaban J connectivity index is 1.86. The highest BCUT2D eigenvalue weighted by molar-refractivity contribution is 5.19. The molecular weight excluding hydrogens is 288 g/mol. The van der Waals surface area contributed by atoms with Crippen molar-refractivity contribution in [3.63, 3.8) is 0 Å². The van der Waals surface area contributed by atoms with E-state index in [0.29, 0.717) is 13.0 Å². The summed E-state index contributed by atoms with van der Waals surface area (Å²) < 4.78 is 0. The predicted octanol–water partition coefficient (Wildman–Crippen LogP) is 2.13. The summed E-state index contributed by atoms with van der Waals surface area (Å²) in [6.45, 7) is 6.04. The van der Waals surface area contributed by atoms with E-state index in [-0.39, 0.29) is 18.8 Å². The second-order valence-electron chi connectivity index (χ2n) is 7.02. The van der Waals surface area contributed by atoms with Crippen molar-refractivity contribution in [3.8, 4) is 0 Å². The average Bonchev–Trinajstić information content (AvgIpc) is 2.55. The number of β-amino-alcohol motifs (C(OH)–C–C–N with tert-alkyl or cyclic N) is 1. The summed E-state index contributed by atoms with van der Waals surface area (Å²) in [7, 11) is 2.04. The summed E-state index contributed by atoms with van der Waals surface area (Å²) in [4.78, 5) is 4.55. The van der Waals surface area contributed by atoms with Crippen molar-refractivity contribution in [1.29, 1.82) is 0 Å². The van der Waals surface area contributed by atoms with Crippen molar-refractivity contribution in [3.05, 3.63) is 35.9 Å². The minimum atomic E-state index is -0.349. The predicted molar refractivity (Wildman–Crippen MR) is 94.4 cm³/mol. The fraction of sp³-hybridized carbons (Fsp3) is 0.684. The summed E-state index contributed by atoms with van der Waals surface area (Å²) in [5, 5.41) is 19.8. The van der Waals surface area contributed by atoms with Gasteiger partial charge in [-0.05, 0) is 50.9 Å². The fourth-order valence-corrected chi connectivity index (χ4v) is 3.50. The van der Waals surface area contributed by atoms with E-state index in [2.05, 4.69) is 28.9 Å². The van der Waals surface area contributed by atoms with E-state index >= 15 is 0 Å². The van der Waals surface area contributed by atoms with E-state index in [4.69, 9.17) is 0 Å². The summed E-state index contributed by atoms with van der Waals surface area (Å²) in [5.74, 6) is 0.818. The van der Waals surface area contributed by atoms with Gasteiger partial charge in [0.25, 0.3) is 0 Å². The van der Waals surface area contributed by atoms with Crippen LogP contribution in [-0.2, 0) is 0 Å². The summed E-state index contributed by atoms with van der Waals surface area (Å²) in [5.41, 5.74) is 1.20. The van der Waals surface area contributed by atoms with Crippen molar-refractivity contribution in [2.24, 2.45) is 5.92 Å². The summed E-state index contributed by atoms with van der Waals surface area (Å²) in [6.07, 6.45) is 2.81. The van der Waals surface area contributed by atoms with E-state index in [1.807, 2.05) is 25.2 Å². The Hall–Kier alpha value is -0.940. The van der Waals surface area contributed by atoms with Crippen LogP contribution >= 0.6 is 0 Å². The summed E-state index contributed by atoms with van der Waals surface area (Å²) >= 11 is 0. The molecule has 2 atom stereocenters. The van der Waals surface area contributed by atoms with Crippen LogP contribution in [-0.4, -0.2) is 66.0 Å². The highest BCUT2D eigenvalue weighted by Gasteiger charge is 2.22. The topological polar surface area (TPSA) is 46.9 Å². The second-order valence-corrected chi connectivity index (χ2v) is 7.02. The monoisotopic (exact) mass is 320 g/mol. The van der Waals surface area contributed by atoms with Crippen molar-refractivity contribution in [2.75, 3.05) is 39.8 Å². The molecule has 1 aromatic rings. The molecule has 0 saturated carbocycles. The number of rotatable bonds is 8. The molecule has 1 fully saturated rings. The molecule has 1 aliphatic heterocycles. The Kier molecular flexibility index (Phi) is 7.50. The van der Waals surface area contributed by atoms with Crippen LogP contribution in [0.1, 0.15) is 37.8 Å². The molecule has 4 nitrogen and oxygen atoms in total. The van der Waals surface area contributed by atoms with Gasteiger partial charge in [0.2, 0.25) is 0 Å². The first-order valence-electron chi connectivity index (χ1n) is 8.86. The molecule has 0 spiro atoms. The number of benzene rings is 1. The van der Waals surface area contributed by atoms with Crippen LogP contribution in [0.3, 0.4) is 0 Å². The van der Waals surface area contributed by atoms with E-state index in [1.165, 1.54) is 18.4 Å². The first-order valence-corrected chi connectivity index (χ1v) is 8.86. The zero-order chi connectivity index (χ0) is 16.7. The first kappa shape index (κ1) is 18.4. The molecule has 0 aromatic heterocycles. The summed E-state index contributed by atoms with van der Waals surface area (Å²) in [6, 6.07) is 10.4. The van der Waals surface area contributed by atoms with Crippen LogP contribution in [0.15, 0.2) is 30.3 Å². The zero-order valence-electron chi connectivity index (χ0n) is 14.6. The number of likely N-dealkylation sites (tertiary alicyclic amines) is 1. The molecule has 2 N–H and O–H groups in total. The van der Waals surface area contributed by atoms with Crippen LogP contribution in [0.5, 0.6) is 0 Å². The number of aliphatic hydroxyl groups is 2. The molecule has 1 aliphatic rings. The highest BCUT2D eigenvalue weighted by atomic mass is 16.3. The third kappa shape index (κ3) is 5.88. The minimum Gasteiger partial charge on any atom is -0.396 e. The maximum atomic E-state index is 10.5. The molecule has 2 rings (SSSR count). The second kappa shape index (κ2) is 9.38. The van der Waals surface area contributed by atoms with Crippen LogP contribution in [0.2, 0.25) is 0 Å². The van der Waals surface area contributed by atoms with Gasteiger partial charge in [-0.1, -0.05) is 37.3 Å². The molecule has 0 bridgehead atoms. The zero-order valence-corrected chi connectivity index (χ0v) is 14.6. The lowest BCUT2D eigenvalue weighted by molar-refractivity contribution is 0.0527. The maximum absolute atomic E-state index is 10.5. The largest absolute Gasteiger partial charge is 0.396 e. The fourth-order valence-electron chi connectivity index (χ4n) is 3.50. The van der Waals surface area contributed by atoms with Crippen molar-refractivity contribution in [2.45, 2.75) is 38.3 Å². The van der Waals surface area contributed by atoms with Gasteiger partial charge in [-0.3, -0.25) is 4.90 Å². The van der Waals surface area contributed by atoms with Gasteiger partial charge >= 0.3 is 0 Å². The molecule has 0 radical (unpaired) electrons. The minimum absolute atomic E-state index is 0.150. The quantitative estimate of drug-likeness (QED) is 0.770. The maximum Gasteiger partial charge on any atom is 0.0793 e. The van der Waals surface area contributed by atoms with Crippen molar-refractivity contribution < 1.29 is 10.2 Å². The molecule has 4 heteroatoms. The van der Waals surface area contributed by atoms with Gasteiger partial charge in [-0.2, -0.15) is 0 Å². The third-order valence-corrected chi connectivity index (χ3v) is 4.96. The van der Waals surface area contributed by atoms with Crippen molar-refractivity contribution in [1.82, 2.24) is 9.80 Å². The van der Waals surface area contributed by atoms with Crippen LogP contribution in [0.25, 0.3) is 0 Å². The smallest absolute Gasteiger partial charge is 0.0793 e. The van der Waals surface area contributed by atoms with E-state index < -0.39 is 0 Å². The molecule has 1 saturated heterocycles. The van der Waals surface area contributed by atoms with Gasteiger partial charge in [0.15, 0.2) is 0 Å². The molecular formula is C19H32N2O2. The molecule has 1 aromatic carbocycles. The van der Waals surface area contributed by atoms with Gasteiger partial charge in [0, 0.05) is 25.7 Å². The number of aliphatic hydroxyl groups excluding tert-OH is 2. The van der Waals surface area contributed by atoms with Crippen molar-refractivity contribution >= 4 is 0 Å². The molecule has 0 aliphatic carbocycles. The molecule has 1 heterocycles.